The van der Waals surface area contributed by atoms with Crippen molar-refractivity contribution in [1.29, 1.82) is 0 Å². The summed E-state index contributed by atoms with van der Waals surface area (Å²) < 4.78 is 5.70. The predicted octanol–water partition coefficient (Wildman–Crippen LogP) is 2.28. The van der Waals surface area contributed by atoms with E-state index < -0.39 is 0 Å². The molecule has 122 valence electrons. The Labute approximate surface area is 137 Å². The molecular weight excluding hydrogens is 288 g/mol. The summed E-state index contributed by atoms with van der Waals surface area (Å²) >= 11 is 0. The van der Waals surface area contributed by atoms with Gasteiger partial charge in [0, 0.05) is 30.8 Å². The van der Waals surface area contributed by atoms with Gasteiger partial charge in [0.15, 0.2) is 0 Å². The van der Waals surface area contributed by atoms with E-state index in [1.54, 1.807) is 0 Å². The quantitative estimate of drug-likeness (QED) is 0.804. The van der Waals surface area contributed by atoms with Crippen molar-refractivity contribution in [1.82, 2.24) is 10.3 Å². The standard InChI is InChI=1S/C19H24N2O2/c22-19-13-20-10-8-18(19)16-6-7-17(21-12-16)9-11-23-14-15-4-2-1-3-5-15/h1-7,12,18-20,22H,8-11,13-14H2. The van der Waals surface area contributed by atoms with Gasteiger partial charge in [-0.15, -0.1) is 0 Å². The maximum absolute atomic E-state index is 10.1. The summed E-state index contributed by atoms with van der Waals surface area (Å²) in [5.74, 6) is 0.201. The van der Waals surface area contributed by atoms with Crippen molar-refractivity contribution in [2.45, 2.75) is 31.5 Å². The van der Waals surface area contributed by atoms with E-state index in [2.05, 4.69) is 34.6 Å². The van der Waals surface area contributed by atoms with Crippen LogP contribution in [0, 0.1) is 0 Å². The lowest BCUT2D eigenvalue weighted by Crippen LogP contribution is -2.39. The summed E-state index contributed by atoms with van der Waals surface area (Å²) in [6, 6.07) is 14.3. The molecule has 2 aromatic rings. The summed E-state index contributed by atoms with van der Waals surface area (Å²) in [7, 11) is 0. The highest BCUT2D eigenvalue weighted by molar-refractivity contribution is 5.20. The lowest BCUT2D eigenvalue weighted by atomic mass is 9.89. The van der Waals surface area contributed by atoms with E-state index in [4.69, 9.17) is 4.74 Å². The average molecular weight is 312 g/mol. The summed E-state index contributed by atoms with van der Waals surface area (Å²) in [6.07, 6.45) is 3.36. The summed E-state index contributed by atoms with van der Waals surface area (Å²) in [6.45, 7) is 2.92. The number of nitrogens with zero attached hydrogens (tertiary/aromatic N) is 1. The molecule has 0 aliphatic carbocycles. The summed E-state index contributed by atoms with van der Waals surface area (Å²) in [4.78, 5) is 4.52. The normalized spacial score (nSPS) is 21.3. The van der Waals surface area contributed by atoms with E-state index in [0.717, 1.165) is 30.6 Å². The fraction of sp³-hybridized carbons (Fsp3) is 0.421. The molecule has 2 heterocycles. The number of pyridine rings is 1. The van der Waals surface area contributed by atoms with Gasteiger partial charge in [0.1, 0.15) is 0 Å². The zero-order valence-corrected chi connectivity index (χ0v) is 13.3. The largest absolute Gasteiger partial charge is 0.391 e. The predicted molar refractivity (Wildman–Crippen MR) is 90.3 cm³/mol. The van der Waals surface area contributed by atoms with Crippen LogP contribution in [0.3, 0.4) is 0 Å². The Morgan fingerprint density at radius 2 is 2.04 bits per heavy atom. The number of β-amino-alcohol motifs (C(OH)–C–C–N with tert-alkyl or cyclic N) is 1. The first-order valence-corrected chi connectivity index (χ1v) is 8.28. The van der Waals surface area contributed by atoms with Gasteiger partial charge < -0.3 is 15.2 Å². The Kier molecular flexibility index (Phi) is 5.75. The van der Waals surface area contributed by atoms with Crippen LogP contribution in [-0.4, -0.2) is 35.9 Å². The van der Waals surface area contributed by atoms with Crippen LogP contribution < -0.4 is 5.32 Å². The maximum Gasteiger partial charge on any atom is 0.0734 e. The van der Waals surface area contributed by atoms with Crippen molar-refractivity contribution in [3.05, 3.63) is 65.5 Å². The van der Waals surface area contributed by atoms with Gasteiger partial charge in [0.2, 0.25) is 0 Å². The van der Waals surface area contributed by atoms with Gasteiger partial charge in [-0.05, 0) is 30.2 Å². The number of benzene rings is 1. The SMILES string of the molecule is OC1CNCCC1c1ccc(CCOCc2ccccc2)nc1. The molecule has 1 aromatic carbocycles. The van der Waals surface area contributed by atoms with Gasteiger partial charge in [0.05, 0.1) is 19.3 Å². The number of hydrogen-bond donors (Lipinski definition) is 2. The van der Waals surface area contributed by atoms with Gasteiger partial charge in [0.25, 0.3) is 0 Å². The highest BCUT2D eigenvalue weighted by atomic mass is 16.5. The highest BCUT2D eigenvalue weighted by Crippen LogP contribution is 2.25. The minimum absolute atomic E-state index is 0.201. The number of ether oxygens (including phenoxy) is 1. The van der Waals surface area contributed by atoms with Crippen LogP contribution in [0.2, 0.25) is 0 Å². The minimum Gasteiger partial charge on any atom is -0.391 e. The third-order valence-corrected chi connectivity index (χ3v) is 4.34. The van der Waals surface area contributed by atoms with Gasteiger partial charge >= 0.3 is 0 Å². The zero-order valence-electron chi connectivity index (χ0n) is 13.3. The molecule has 0 bridgehead atoms. The van der Waals surface area contributed by atoms with Crippen molar-refractivity contribution in [2.24, 2.45) is 0 Å². The molecule has 1 aliphatic rings. The van der Waals surface area contributed by atoms with E-state index in [1.807, 2.05) is 24.4 Å². The fourth-order valence-corrected chi connectivity index (χ4v) is 2.98. The molecule has 2 N–H and O–H groups in total. The second-order valence-electron chi connectivity index (χ2n) is 6.04. The number of piperidine rings is 1. The van der Waals surface area contributed by atoms with E-state index in [-0.39, 0.29) is 12.0 Å². The van der Waals surface area contributed by atoms with E-state index in [0.29, 0.717) is 19.8 Å². The molecule has 4 nitrogen and oxygen atoms in total. The maximum atomic E-state index is 10.1. The van der Waals surface area contributed by atoms with Crippen LogP contribution in [0.4, 0.5) is 0 Å². The smallest absolute Gasteiger partial charge is 0.0734 e. The minimum atomic E-state index is -0.314. The number of aliphatic hydroxyl groups excluding tert-OH is 1. The molecule has 1 aliphatic heterocycles. The van der Waals surface area contributed by atoms with E-state index in [1.165, 1.54) is 5.56 Å². The molecule has 1 saturated heterocycles. The fourth-order valence-electron chi connectivity index (χ4n) is 2.98. The molecule has 1 aromatic heterocycles. The van der Waals surface area contributed by atoms with Crippen LogP contribution in [0.5, 0.6) is 0 Å². The molecule has 0 spiro atoms. The van der Waals surface area contributed by atoms with Crippen LogP contribution in [0.1, 0.15) is 29.2 Å². The average Bonchev–Trinajstić information content (AvgIpc) is 2.61. The Morgan fingerprint density at radius 1 is 1.17 bits per heavy atom. The third-order valence-electron chi connectivity index (χ3n) is 4.34. The topological polar surface area (TPSA) is 54.4 Å². The number of aliphatic hydroxyl groups is 1. The molecule has 0 radical (unpaired) electrons. The monoisotopic (exact) mass is 312 g/mol. The summed E-state index contributed by atoms with van der Waals surface area (Å²) in [5.41, 5.74) is 3.36. The van der Waals surface area contributed by atoms with Gasteiger partial charge in [-0.2, -0.15) is 0 Å². The molecule has 4 heteroatoms. The van der Waals surface area contributed by atoms with Crippen molar-refractivity contribution in [3.63, 3.8) is 0 Å². The van der Waals surface area contributed by atoms with Gasteiger partial charge in [-0.1, -0.05) is 36.4 Å². The molecule has 0 amide bonds. The molecule has 23 heavy (non-hydrogen) atoms. The number of rotatable bonds is 6. The van der Waals surface area contributed by atoms with Crippen LogP contribution >= 0.6 is 0 Å². The van der Waals surface area contributed by atoms with Crippen molar-refractivity contribution in [2.75, 3.05) is 19.7 Å². The molecule has 2 unspecified atom stereocenters. The number of aromatic nitrogens is 1. The number of hydrogen-bond acceptors (Lipinski definition) is 4. The molecular formula is C19H24N2O2. The van der Waals surface area contributed by atoms with Crippen LogP contribution in [0.25, 0.3) is 0 Å². The van der Waals surface area contributed by atoms with Crippen LogP contribution in [-0.2, 0) is 17.8 Å². The lowest BCUT2D eigenvalue weighted by molar-refractivity contribution is 0.118. The van der Waals surface area contributed by atoms with Crippen molar-refractivity contribution >= 4 is 0 Å². The first kappa shape index (κ1) is 16.1. The first-order chi connectivity index (χ1) is 11.3. The highest BCUT2D eigenvalue weighted by Gasteiger charge is 2.24. The van der Waals surface area contributed by atoms with Crippen molar-refractivity contribution < 1.29 is 9.84 Å². The Morgan fingerprint density at radius 3 is 2.78 bits per heavy atom. The Hall–Kier alpha value is -1.75. The van der Waals surface area contributed by atoms with Gasteiger partial charge in [-0.3, -0.25) is 4.98 Å². The lowest BCUT2D eigenvalue weighted by Gasteiger charge is -2.28. The van der Waals surface area contributed by atoms with Crippen LogP contribution in [0.15, 0.2) is 48.7 Å². The van der Waals surface area contributed by atoms with Crippen molar-refractivity contribution in [3.8, 4) is 0 Å². The second-order valence-corrected chi connectivity index (χ2v) is 6.04. The molecule has 1 fully saturated rings. The Bertz CT molecular complexity index is 586. The number of nitrogens with one attached hydrogen (secondary N) is 1. The first-order valence-electron chi connectivity index (χ1n) is 8.28. The molecule has 2 atom stereocenters. The third kappa shape index (κ3) is 4.61. The molecule has 3 rings (SSSR count). The Balaban J connectivity index is 1.46. The van der Waals surface area contributed by atoms with E-state index >= 15 is 0 Å². The second kappa shape index (κ2) is 8.20. The van der Waals surface area contributed by atoms with E-state index in [9.17, 15) is 5.11 Å². The summed E-state index contributed by atoms with van der Waals surface area (Å²) in [5, 5.41) is 13.3. The zero-order chi connectivity index (χ0) is 15.9. The van der Waals surface area contributed by atoms with Gasteiger partial charge in [-0.25, -0.2) is 0 Å². The molecule has 0 saturated carbocycles.